The molecule has 0 spiro atoms. The summed E-state index contributed by atoms with van der Waals surface area (Å²) < 4.78 is 13.2. The van der Waals surface area contributed by atoms with E-state index in [1.165, 1.54) is 41.8 Å². The summed E-state index contributed by atoms with van der Waals surface area (Å²) >= 11 is 0. The lowest BCUT2D eigenvalue weighted by Crippen LogP contribution is -2.49. The standard InChI is InChI=1S/C24H36N4O2/c1-5-9-28-18(2)21(14-25-28)15-26-10-6-7-22(17-26)27-11-8-19-12-23(29-3)24(30-4)13-20(19)16-27/h12-14,22H,5-11,15-17H2,1-4H3. The van der Waals surface area contributed by atoms with E-state index in [0.717, 1.165) is 57.1 Å². The Morgan fingerprint density at radius 2 is 1.87 bits per heavy atom. The van der Waals surface area contributed by atoms with Gasteiger partial charge in [-0.05, 0) is 62.4 Å². The molecule has 6 nitrogen and oxygen atoms in total. The molecule has 0 bridgehead atoms. The van der Waals surface area contributed by atoms with Gasteiger partial charge in [0.15, 0.2) is 11.5 Å². The Labute approximate surface area is 180 Å². The summed E-state index contributed by atoms with van der Waals surface area (Å²) in [4.78, 5) is 5.30. The van der Waals surface area contributed by atoms with Crippen molar-refractivity contribution >= 4 is 0 Å². The van der Waals surface area contributed by atoms with E-state index >= 15 is 0 Å². The van der Waals surface area contributed by atoms with Crippen molar-refractivity contribution in [3.63, 3.8) is 0 Å². The first-order chi connectivity index (χ1) is 14.6. The van der Waals surface area contributed by atoms with Gasteiger partial charge >= 0.3 is 0 Å². The summed E-state index contributed by atoms with van der Waals surface area (Å²) in [6, 6.07) is 4.95. The number of aromatic nitrogens is 2. The van der Waals surface area contributed by atoms with E-state index in [1.54, 1.807) is 14.2 Å². The Balaban J connectivity index is 1.42. The largest absolute Gasteiger partial charge is 0.493 e. The zero-order valence-corrected chi connectivity index (χ0v) is 19.0. The Bertz CT molecular complexity index is 863. The van der Waals surface area contributed by atoms with Gasteiger partial charge in [-0.3, -0.25) is 14.5 Å². The number of aryl methyl sites for hydroxylation is 1. The number of fused-ring (bicyclic) bond motifs is 1. The molecular weight excluding hydrogens is 376 g/mol. The van der Waals surface area contributed by atoms with Crippen LogP contribution >= 0.6 is 0 Å². The Kier molecular flexibility index (Phi) is 6.64. The van der Waals surface area contributed by atoms with Gasteiger partial charge in [0.05, 0.1) is 20.4 Å². The number of nitrogens with zero attached hydrogens (tertiary/aromatic N) is 4. The number of hydrogen-bond donors (Lipinski definition) is 0. The third kappa shape index (κ3) is 4.35. The number of methoxy groups -OCH3 is 2. The van der Waals surface area contributed by atoms with Crippen molar-refractivity contribution in [1.82, 2.24) is 19.6 Å². The molecule has 2 aliphatic heterocycles. The lowest BCUT2D eigenvalue weighted by atomic mass is 9.95. The maximum absolute atomic E-state index is 5.54. The molecule has 0 saturated carbocycles. The van der Waals surface area contributed by atoms with Crippen LogP contribution in [0.25, 0.3) is 0 Å². The van der Waals surface area contributed by atoms with E-state index in [-0.39, 0.29) is 0 Å². The molecule has 1 unspecified atom stereocenters. The highest BCUT2D eigenvalue weighted by Gasteiger charge is 2.29. The molecule has 6 heteroatoms. The minimum atomic E-state index is 0.617. The third-order valence-electron chi connectivity index (χ3n) is 6.78. The number of benzene rings is 1. The van der Waals surface area contributed by atoms with Crippen molar-refractivity contribution in [2.45, 2.75) is 65.2 Å². The van der Waals surface area contributed by atoms with Gasteiger partial charge in [-0.2, -0.15) is 5.10 Å². The van der Waals surface area contributed by atoms with Gasteiger partial charge in [0.1, 0.15) is 0 Å². The fourth-order valence-corrected chi connectivity index (χ4v) is 5.01. The number of ether oxygens (including phenoxy) is 2. The van der Waals surface area contributed by atoms with Crippen LogP contribution in [-0.2, 0) is 26.1 Å². The predicted octanol–water partition coefficient (Wildman–Crippen LogP) is 3.64. The molecule has 3 heterocycles. The van der Waals surface area contributed by atoms with Gasteiger partial charge in [0, 0.05) is 50.0 Å². The van der Waals surface area contributed by atoms with Gasteiger partial charge in [-0.25, -0.2) is 0 Å². The van der Waals surface area contributed by atoms with Crippen molar-refractivity contribution in [3.8, 4) is 11.5 Å². The third-order valence-corrected chi connectivity index (χ3v) is 6.78. The molecule has 1 fully saturated rings. The fourth-order valence-electron chi connectivity index (χ4n) is 5.01. The normalized spacial score (nSPS) is 20.2. The van der Waals surface area contributed by atoms with E-state index < -0.39 is 0 Å². The van der Waals surface area contributed by atoms with Crippen LogP contribution in [0.2, 0.25) is 0 Å². The van der Waals surface area contributed by atoms with Crippen molar-refractivity contribution in [2.24, 2.45) is 0 Å². The molecule has 1 atom stereocenters. The van der Waals surface area contributed by atoms with Gasteiger partial charge in [-0.1, -0.05) is 6.92 Å². The zero-order chi connectivity index (χ0) is 21.1. The Hall–Kier alpha value is -2.05. The Morgan fingerprint density at radius 3 is 2.60 bits per heavy atom. The van der Waals surface area contributed by atoms with Crippen molar-refractivity contribution in [1.29, 1.82) is 0 Å². The average Bonchev–Trinajstić information content (AvgIpc) is 3.12. The second-order valence-corrected chi connectivity index (χ2v) is 8.71. The summed E-state index contributed by atoms with van der Waals surface area (Å²) in [6.45, 7) is 10.9. The number of rotatable bonds is 7. The van der Waals surface area contributed by atoms with Crippen molar-refractivity contribution in [2.75, 3.05) is 33.9 Å². The first kappa shape index (κ1) is 21.2. The summed E-state index contributed by atoms with van der Waals surface area (Å²) in [5.41, 5.74) is 5.49. The number of hydrogen-bond acceptors (Lipinski definition) is 5. The molecule has 1 saturated heterocycles. The summed E-state index contributed by atoms with van der Waals surface area (Å²) in [5, 5.41) is 4.59. The maximum atomic E-state index is 5.54. The van der Waals surface area contributed by atoms with Crippen LogP contribution in [0.1, 0.15) is 48.6 Å². The molecule has 0 radical (unpaired) electrons. The van der Waals surface area contributed by atoms with Gasteiger partial charge in [-0.15, -0.1) is 0 Å². The Morgan fingerprint density at radius 1 is 1.10 bits per heavy atom. The summed E-state index contributed by atoms with van der Waals surface area (Å²) in [6.07, 6.45) is 6.83. The summed E-state index contributed by atoms with van der Waals surface area (Å²) in [5.74, 6) is 1.68. The molecule has 2 aliphatic rings. The molecule has 2 aromatic rings. The van der Waals surface area contributed by atoms with E-state index in [9.17, 15) is 0 Å². The van der Waals surface area contributed by atoms with Crippen LogP contribution in [0.15, 0.2) is 18.3 Å². The SMILES string of the molecule is CCCn1ncc(CN2CCCC(N3CCc4cc(OC)c(OC)cc4C3)C2)c1C. The van der Waals surface area contributed by atoms with Gasteiger partial charge < -0.3 is 9.47 Å². The van der Waals surface area contributed by atoms with E-state index in [1.807, 2.05) is 0 Å². The molecule has 1 aromatic heterocycles. The number of piperidine rings is 1. The lowest BCUT2D eigenvalue weighted by molar-refractivity contribution is 0.0836. The molecule has 0 amide bonds. The average molecular weight is 413 g/mol. The first-order valence-corrected chi connectivity index (χ1v) is 11.3. The molecule has 30 heavy (non-hydrogen) atoms. The van der Waals surface area contributed by atoms with Gasteiger partial charge in [0.2, 0.25) is 0 Å². The second kappa shape index (κ2) is 9.40. The van der Waals surface area contributed by atoms with Crippen LogP contribution < -0.4 is 9.47 Å². The molecule has 164 valence electrons. The molecule has 4 rings (SSSR count). The highest BCUT2D eigenvalue weighted by molar-refractivity contribution is 5.48. The molecule has 0 aliphatic carbocycles. The van der Waals surface area contributed by atoms with E-state index in [2.05, 4.69) is 51.8 Å². The lowest BCUT2D eigenvalue weighted by Gasteiger charge is -2.41. The van der Waals surface area contributed by atoms with E-state index in [0.29, 0.717) is 6.04 Å². The van der Waals surface area contributed by atoms with Crippen LogP contribution in [0, 0.1) is 6.92 Å². The topological polar surface area (TPSA) is 42.8 Å². The zero-order valence-electron chi connectivity index (χ0n) is 19.0. The fraction of sp³-hybridized carbons (Fsp3) is 0.625. The van der Waals surface area contributed by atoms with Crippen LogP contribution in [0.3, 0.4) is 0 Å². The second-order valence-electron chi connectivity index (χ2n) is 8.71. The number of likely N-dealkylation sites (tertiary alicyclic amines) is 1. The van der Waals surface area contributed by atoms with Crippen LogP contribution in [0.4, 0.5) is 0 Å². The van der Waals surface area contributed by atoms with Crippen molar-refractivity contribution in [3.05, 3.63) is 40.7 Å². The monoisotopic (exact) mass is 412 g/mol. The quantitative estimate of drug-likeness (QED) is 0.695. The summed E-state index contributed by atoms with van der Waals surface area (Å²) in [7, 11) is 3.43. The molecule has 1 aromatic carbocycles. The van der Waals surface area contributed by atoms with Crippen LogP contribution in [-0.4, -0.2) is 59.5 Å². The van der Waals surface area contributed by atoms with E-state index in [4.69, 9.17) is 9.47 Å². The van der Waals surface area contributed by atoms with Crippen molar-refractivity contribution < 1.29 is 9.47 Å². The predicted molar refractivity (Wildman–Crippen MR) is 119 cm³/mol. The minimum Gasteiger partial charge on any atom is -0.493 e. The molecule has 0 N–H and O–H groups in total. The van der Waals surface area contributed by atoms with Crippen LogP contribution in [0.5, 0.6) is 11.5 Å². The maximum Gasteiger partial charge on any atom is 0.161 e. The minimum absolute atomic E-state index is 0.617. The smallest absolute Gasteiger partial charge is 0.161 e. The highest BCUT2D eigenvalue weighted by Crippen LogP contribution is 2.34. The van der Waals surface area contributed by atoms with Gasteiger partial charge in [0.25, 0.3) is 0 Å². The molecular formula is C24H36N4O2. The first-order valence-electron chi connectivity index (χ1n) is 11.3. The highest BCUT2D eigenvalue weighted by atomic mass is 16.5.